The number of thiophene rings is 1. The molecule has 0 atom stereocenters. The van der Waals surface area contributed by atoms with Gasteiger partial charge in [0.2, 0.25) is 0 Å². The molecule has 0 aliphatic heterocycles. The molecule has 20 heavy (non-hydrogen) atoms. The first-order valence-corrected chi connectivity index (χ1v) is 6.87. The molecule has 1 aromatic carbocycles. The van der Waals surface area contributed by atoms with Crippen molar-refractivity contribution in [2.45, 2.75) is 6.54 Å². The number of hydrogen-bond acceptors (Lipinski definition) is 3. The Labute approximate surface area is 120 Å². The number of benzene rings is 1. The summed E-state index contributed by atoms with van der Waals surface area (Å²) in [6.45, 7) is 0.378. The molecule has 0 unspecified atom stereocenters. The van der Waals surface area contributed by atoms with Gasteiger partial charge in [-0.05, 0) is 29.6 Å². The minimum atomic E-state index is -0.366. The van der Waals surface area contributed by atoms with E-state index in [9.17, 15) is 9.18 Å². The third kappa shape index (κ3) is 3.67. The maximum Gasteiger partial charge on any atom is 0.261 e. The summed E-state index contributed by atoms with van der Waals surface area (Å²) in [4.78, 5) is 12.4. The molecule has 1 aromatic heterocycles. The quantitative estimate of drug-likeness (QED) is 0.850. The Morgan fingerprint density at radius 1 is 1.40 bits per heavy atom. The van der Waals surface area contributed by atoms with Gasteiger partial charge >= 0.3 is 0 Å². The summed E-state index contributed by atoms with van der Waals surface area (Å²) in [6, 6.07) is 8.06. The average Bonchev–Trinajstić information content (AvgIpc) is 2.99. The molecule has 0 saturated carbocycles. The van der Waals surface area contributed by atoms with E-state index >= 15 is 0 Å². The number of amides is 1. The van der Waals surface area contributed by atoms with Gasteiger partial charge in [0.25, 0.3) is 5.91 Å². The molecule has 0 radical (unpaired) electrons. The highest BCUT2D eigenvalue weighted by atomic mass is 32.1. The van der Waals surface area contributed by atoms with Crippen LogP contribution in [0.25, 0.3) is 0 Å². The third-order valence-corrected chi connectivity index (χ3v) is 3.43. The molecule has 1 amide bonds. The van der Waals surface area contributed by atoms with Gasteiger partial charge in [-0.15, -0.1) is 11.3 Å². The molecular formula is C15H13FN2OS. The Hall–Kier alpha value is -2.16. The first kappa shape index (κ1) is 14.3. The second-order valence-electron chi connectivity index (χ2n) is 3.97. The minimum absolute atomic E-state index is 0.126. The average molecular weight is 288 g/mol. The van der Waals surface area contributed by atoms with Crippen LogP contribution in [0.2, 0.25) is 0 Å². The second-order valence-corrected chi connectivity index (χ2v) is 4.92. The van der Waals surface area contributed by atoms with Gasteiger partial charge in [-0.25, -0.2) is 4.39 Å². The number of rotatable bonds is 3. The van der Waals surface area contributed by atoms with E-state index in [1.54, 1.807) is 24.3 Å². The number of nitrogens with one attached hydrogen (secondary N) is 1. The minimum Gasteiger partial charge on any atom is -0.347 e. The Bertz CT molecular complexity index is 656. The highest BCUT2D eigenvalue weighted by molar-refractivity contribution is 7.12. The SMILES string of the molecule is NCC#Cc1ccc(F)c(CNC(=O)c2cccs2)c1. The molecule has 0 aliphatic carbocycles. The van der Waals surface area contributed by atoms with Crippen LogP contribution >= 0.6 is 11.3 Å². The van der Waals surface area contributed by atoms with Crippen LogP contribution in [0.3, 0.4) is 0 Å². The van der Waals surface area contributed by atoms with Gasteiger partial charge in [-0.1, -0.05) is 17.9 Å². The molecule has 3 N–H and O–H groups in total. The smallest absolute Gasteiger partial charge is 0.261 e. The summed E-state index contributed by atoms with van der Waals surface area (Å²) in [6.07, 6.45) is 0. The maximum absolute atomic E-state index is 13.7. The molecule has 3 nitrogen and oxygen atoms in total. The van der Waals surface area contributed by atoms with Crippen molar-refractivity contribution in [2.24, 2.45) is 5.73 Å². The zero-order valence-corrected chi connectivity index (χ0v) is 11.5. The first-order valence-electron chi connectivity index (χ1n) is 6.00. The van der Waals surface area contributed by atoms with Gasteiger partial charge in [0, 0.05) is 17.7 Å². The summed E-state index contributed by atoms with van der Waals surface area (Å²) in [5.41, 5.74) is 6.37. The predicted molar refractivity (Wildman–Crippen MR) is 77.8 cm³/mol. The molecule has 102 valence electrons. The van der Waals surface area contributed by atoms with E-state index in [0.717, 1.165) is 0 Å². The highest BCUT2D eigenvalue weighted by Crippen LogP contribution is 2.12. The fourth-order valence-corrected chi connectivity index (χ4v) is 2.25. The Balaban J connectivity index is 2.07. The van der Waals surface area contributed by atoms with Crippen molar-refractivity contribution < 1.29 is 9.18 Å². The lowest BCUT2D eigenvalue weighted by Crippen LogP contribution is -2.22. The monoisotopic (exact) mass is 288 g/mol. The van der Waals surface area contributed by atoms with Crippen molar-refractivity contribution in [1.29, 1.82) is 0 Å². The van der Waals surface area contributed by atoms with Crippen molar-refractivity contribution in [2.75, 3.05) is 6.54 Å². The lowest BCUT2D eigenvalue weighted by molar-refractivity contribution is 0.0954. The predicted octanol–water partition coefficient (Wildman–Crippen LogP) is 2.13. The fraction of sp³-hybridized carbons (Fsp3) is 0.133. The molecule has 2 rings (SSSR count). The van der Waals surface area contributed by atoms with Gasteiger partial charge in [0.15, 0.2) is 0 Å². The van der Waals surface area contributed by atoms with Crippen LogP contribution in [0.5, 0.6) is 0 Å². The highest BCUT2D eigenvalue weighted by Gasteiger charge is 2.08. The first-order chi connectivity index (χ1) is 9.70. The van der Waals surface area contributed by atoms with E-state index in [-0.39, 0.29) is 24.8 Å². The molecule has 0 bridgehead atoms. The van der Waals surface area contributed by atoms with Crippen molar-refractivity contribution in [3.05, 3.63) is 57.5 Å². The molecular weight excluding hydrogens is 275 g/mol. The molecule has 0 fully saturated rings. The van der Waals surface area contributed by atoms with Gasteiger partial charge in [-0.3, -0.25) is 4.79 Å². The zero-order valence-electron chi connectivity index (χ0n) is 10.7. The van der Waals surface area contributed by atoms with E-state index in [2.05, 4.69) is 17.2 Å². The van der Waals surface area contributed by atoms with Crippen molar-refractivity contribution in [3.63, 3.8) is 0 Å². The largest absolute Gasteiger partial charge is 0.347 e. The van der Waals surface area contributed by atoms with Crippen LogP contribution in [0, 0.1) is 17.7 Å². The third-order valence-electron chi connectivity index (χ3n) is 2.56. The summed E-state index contributed by atoms with van der Waals surface area (Å²) >= 11 is 1.34. The molecule has 0 saturated heterocycles. The van der Waals surface area contributed by atoms with Crippen molar-refractivity contribution >= 4 is 17.2 Å². The fourth-order valence-electron chi connectivity index (χ4n) is 1.61. The van der Waals surface area contributed by atoms with Gasteiger partial charge in [-0.2, -0.15) is 0 Å². The van der Waals surface area contributed by atoms with E-state index < -0.39 is 0 Å². The number of halogens is 1. The molecule has 1 heterocycles. The van der Waals surface area contributed by atoms with Crippen LogP contribution in [-0.4, -0.2) is 12.5 Å². The van der Waals surface area contributed by atoms with Crippen molar-refractivity contribution in [3.8, 4) is 11.8 Å². The Morgan fingerprint density at radius 2 is 2.25 bits per heavy atom. The molecule has 0 spiro atoms. The van der Waals surface area contributed by atoms with Gasteiger partial charge < -0.3 is 11.1 Å². The van der Waals surface area contributed by atoms with Crippen molar-refractivity contribution in [1.82, 2.24) is 5.32 Å². The number of carbonyl (C=O) groups excluding carboxylic acids is 1. The summed E-state index contributed by atoms with van der Waals surface area (Å²) < 4.78 is 13.7. The molecule has 0 aliphatic rings. The Morgan fingerprint density at radius 3 is 2.95 bits per heavy atom. The summed E-state index contributed by atoms with van der Waals surface area (Å²) in [5, 5.41) is 4.50. The van der Waals surface area contributed by atoms with Crippen LogP contribution in [0.15, 0.2) is 35.7 Å². The zero-order chi connectivity index (χ0) is 14.4. The Kier molecular flexibility index (Phi) is 4.88. The van der Waals surface area contributed by atoms with E-state index in [1.807, 2.05) is 5.38 Å². The standard InChI is InChI=1S/C15H13FN2OS/c16-13-6-5-11(3-1-7-17)9-12(13)10-18-15(19)14-4-2-8-20-14/h2,4-6,8-9H,7,10,17H2,(H,18,19). The van der Waals surface area contributed by atoms with Crippen LogP contribution in [0.1, 0.15) is 20.8 Å². The van der Waals surface area contributed by atoms with Crippen LogP contribution < -0.4 is 11.1 Å². The number of hydrogen-bond donors (Lipinski definition) is 2. The normalized spacial score (nSPS) is 9.70. The number of nitrogens with two attached hydrogens (primary N) is 1. The van der Waals surface area contributed by atoms with E-state index in [1.165, 1.54) is 17.4 Å². The van der Waals surface area contributed by atoms with E-state index in [0.29, 0.717) is 16.0 Å². The summed E-state index contributed by atoms with van der Waals surface area (Å²) in [5.74, 6) is 4.97. The molecule has 2 aromatic rings. The number of carbonyl (C=O) groups is 1. The van der Waals surface area contributed by atoms with Crippen LogP contribution in [0.4, 0.5) is 4.39 Å². The maximum atomic E-state index is 13.7. The lowest BCUT2D eigenvalue weighted by atomic mass is 10.1. The summed E-state index contributed by atoms with van der Waals surface area (Å²) in [7, 11) is 0. The van der Waals surface area contributed by atoms with Gasteiger partial charge in [0.1, 0.15) is 5.82 Å². The second kappa shape index (κ2) is 6.85. The van der Waals surface area contributed by atoms with E-state index in [4.69, 9.17) is 5.73 Å². The molecule has 5 heteroatoms. The van der Waals surface area contributed by atoms with Gasteiger partial charge in [0.05, 0.1) is 11.4 Å². The lowest BCUT2D eigenvalue weighted by Gasteiger charge is -2.06. The van der Waals surface area contributed by atoms with Crippen LogP contribution in [-0.2, 0) is 6.54 Å². The topological polar surface area (TPSA) is 55.1 Å².